The number of hydrogen-bond donors (Lipinski definition) is 20. The van der Waals surface area contributed by atoms with E-state index < -0.39 is 292 Å². The molecule has 2 amide bonds. The second-order valence-electron chi connectivity index (χ2n) is 25.4. The summed E-state index contributed by atoms with van der Waals surface area (Å²) in [5.41, 5.74) is 0. The average Bonchev–Trinajstić information content (AvgIpc) is 0.875. The number of ether oxygens (including phenoxy) is 12. The number of aliphatic hydroxyl groups excluding tert-OH is 20. The van der Waals surface area contributed by atoms with Gasteiger partial charge in [0, 0.05) is 38.5 Å². The van der Waals surface area contributed by atoms with Crippen molar-refractivity contribution in [3.05, 3.63) is 0 Å². The minimum Gasteiger partial charge on any atom is -0.394 e. The number of amides is 2. The van der Waals surface area contributed by atoms with E-state index in [1.165, 1.54) is 4.90 Å². The van der Waals surface area contributed by atoms with Crippen LogP contribution in [0.5, 0.6) is 0 Å². The number of imide groups is 1. The van der Waals surface area contributed by atoms with E-state index in [1.807, 2.05) is 0 Å². The first-order chi connectivity index (χ1) is 47.5. The Hall–Kier alpha value is -3.70. The second kappa shape index (κ2) is 39.6. The largest absolute Gasteiger partial charge is 0.394 e. The van der Waals surface area contributed by atoms with Crippen molar-refractivity contribution in [1.29, 1.82) is 0 Å². The van der Waals surface area contributed by atoms with E-state index in [-0.39, 0.29) is 57.8 Å². The van der Waals surface area contributed by atoms with Crippen LogP contribution >= 0.6 is 0 Å². The van der Waals surface area contributed by atoms with E-state index >= 15 is 0 Å². The number of carbonyl (C=O) groups is 6. The van der Waals surface area contributed by atoms with Crippen molar-refractivity contribution in [3.8, 4) is 0 Å². The van der Waals surface area contributed by atoms with Crippen molar-refractivity contribution in [1.82, 2.24) is 9.96 Å². The van der Waals surface area contributed by atoms with Crippen LogP contribution in [0.2, 0.25) is 0 Å². The molecular formula is C59H96N2O39. The molecule has 576 valence electrons. The van der Waals surface area contributed by atoms with Gasteiger partial charge in [-0.1, -0.05) is 12.8 Å². The van der Waals surface area contributed by atoms with E-state index in [2.05, 4.69) is 0 Å². The van der Waals surface area contributed by atoms with Crippen molar-refractivity contribution in [2.45, 2.75) is 261 Å². The lowest BCUT2D eigenvalue weighted by molar-refractivity contribution is -0.366. The summed E-state index contributed by atoms with van der Waals surface area (Å²) in [6, 6.07) is 0. The molecule has 7 aliphatic rings. The molecule has 0 aliphatic carbocycles. The lowest BCUT2D eigenvalue weighted by Gasteiger charge is -2.46. The zero-order valence-electron chi connectivity index (χ0n) is 54.2. The second-order valence-corrected chi connectivity index (χ2v) is 25.4. The first-order valence-corrected chi connectivity index (χ1v) is 32.9. The number of Topliss-reactive ketones (excluding diaryl/α,β-unsaturated/α-hetero) is 3. The Morgan fingerprint density at radius 2 is 0.650 bits per heavy atom. The Morgan fingerprint density at radius 3 is 1.00 bits per heavy atom. The van der Waals surface area contributed by atoms with Gasteiger partial charge in [0.25, 0.3) is 11.8 Å². The van der Waals surface area contributed by atoms with Gasteiger partial charge in [-0.2, -0.15) is 0 Å². The predicted molar refractivity (Wildman–Crippen MR) is 315 cm³/mol. The summed E-state index contributed by atoms with van der Waals surface area (Å²) in [7, 11) is 0. The van der Waals surface area contributed by atoms with E-state index in [4.69, 9.17) is 61.7 Å². The standard InChI is InChI=1S/C59H96N2O39/c62-18-27-36(72)42(78)46(82)54(92-27)90-22-31-40(76)52(98-58-48(84)44(80)38(74)29(20-64)94-58)50(86)56(96-31)88-13-5-8-25(67)16-60(15-24(66)7-3-1-2-4-10-35(71)100-61-33(69)11-12-34(61)70)17-26(68)9-6-14-89-57-51(87)53(99-59-49(85)45(81)39(75)30(21-65)95-59)41(77)32(97-57)23-91-55-47(83)43(79)37(73)28(19-63)93-55/h27-32,36-59,62-65,72-87H,1-23H2/t27-,28-,29-,30-,31-,32-,36-,37-,38-,39-,40-,41-,42+,43+,44+,45+,46+,47+,48+,49+,50-,51-,52+,53+,54+,55+,56-,57?,58-,59-/m1/s1. The minimum absolute atomic E-state index is 0.0517. The summed E-state index contributed by atoms with van der Waals surface area (Å²) in [4.78, 5) is 83.1. The van der Waals surface area contributed by atoms with Crippen LogP contribution in [0.1, 0.15) is 77.0 Å². The van der Waals surface area contributed by atoms with Crippen molar-refractivity contribution >= 4 is 35.1 Å². The maximum absolute atomic E-state index is 13.7. The number of aliphatic hydroxyl groups is 20. The van der Waals surface area contributed by atoms with Gasteiger partial charge in [-0.05, 0) is 25.7 Å². The molecular weight excluding hydrogens is 1360 g/mol. The molecule has 7 saturated heterocycles. The van der Waals surface area contributed by atoms with Crippen LogP contribution in [0.4, 0.5) is 0 Å². The maximum Gasteiger partial charge on any atom is 0.333 e. The topological polar surface area (TPSA) is 633 Å². The molecule has 0 aromatic carbocycles. The van der Waals surface area contributed by atoms with Crippen molar-refractivity contribution in [2.24, 2.45) is 0 Å². The van der Waals surface area contributed by atoms with Crippen LogP contribution in [0, 0.1) is 0 Å². The van der Waals surface area contributed by atoms with Crippen molar-refractivity contribution < 1.29 is 193 Å². The summed E-state index contributed by atoms with van der Waals surface area (Å²) < 4.78 is 67.5. The maximum atomic E-state index is 13.7. The van der Waals surface area contributed by atoms with Crippen LogP contribution in [0.3, 0.4) is 0 Å². The Labute approximate surface area is 570 Å². The highest BCUT2D eigenvalue weighted by molar-refractivity contribution is 6.01. The molecule has 20 N–H and O–H groups in total. The van der Waals surface area contributed by atoms with Crippen LogP contribution in [0.15, 0.2) is 0 Å². The van der Waals surface area contributed by atoms with Gasteiger partial charge < -0.3 is 164 Å². The van der Waals surface area contributed by atoms with Crippen LogP contribution in [-0.2, 0) is 90.4 Å². The Kier molecular flexibility index (Phi) is 33.1. The smallest absolute Gasteiger partial charge is 0.333 e. The monoisotopic (exact) mass is 1460 g/mol. The fourth-order valence-electron chi connectivity index (χ4n) is 12.0. The molecule has 7 aliphatic heterocycles. The van der Waals surface area contributed by atoms with Gasteiger partial charge in [-0.15, -0.1) is 5.06 Å². The first-order valence-electron chi connectivity index (χ1n) is 32.9. The van der Waals surface area contributed by atoms with E-state index in [1.54, 1.807) is 0 Å². The fourth-order valence-corrected chi connectivity index (χ4v) is 12.0. The van der Waals surface area contributed by atoms with Gasteiger partial charge in [0.15, 0.2) is 37.7 Å². The third-order valence-electron chi connectivity index (χ3n) is 17.9. The fraction of sp³-hybridized carbons (Fsp3) is 0.898. The Morgan fingerprint density at radius 1 is 0.350 bits per heavy atom. The molecule has 7 fully saturated rings. The van der Waals surface area contributed by atoms with E-state index in [0.717, 1.165) is 0 Å². The molecule has 1 unspecified atom stereocenters. The Bertz CT molecular complexity index is 2410. The van der Waals surface area contributed by atoms with Gasteiger partial charge in [-0.25, -0.2) is 4.79 Å². The summed E-state index contributed by atoms with van der Waals surface area (Å²) in [6.07, 6.45) is -54.3. The highest BCUT2D eigenvalue weighted by Crippen LogP contribution is 2.34. The molecule has 0 aromatic rings. The van der Waals surface area contributed by atoms with Gasteiger partial charge >= 0.3 is 5.97 Å². The summed E-state index contributed by atoms with van der Waals surface area (Å²) in [5, 5.41) is 211. The zero-order chi connectivity index (χ0) is 73.4. The molecule has 0 saturated carbocycles. The minimum atomic E-state index is -2.03. The van der Waals surface area contributed by atoms with Crippen molar-refractivity contribution in [3.63, 3.8) is 0 Å². The molecule has 0 bridgehead atoms. The molecule has 0 spiro atoms. The number of hydrogen-bond acceptors (Lipinski definition) is 40. The SMILES string of the molecule is O=C(CCCCCCC(=O)ON1C(=O)CCC1=O)CN(CC(=O)CCCOC1O[C@H](CO[C@H]2O[C@H](CO)[C@@H](O)[C@H](O)[C@@H]2O)[C@@H](O)[C@H](O[C@H]2O[C@H](CO)[C@@H](O)[C@H](O)[C@@H]2O)[C@H]1O)CC(=O)CCCO[C@@H]1O[C@H](CO[C@H]2O[C@H](CO)[C@@H](O)[C@H](O)[C@@H]2O)[C@@H](O)[C@H](O[C@H]2O[C@H](CO)[C@@H](O)[C@H](O)[C@@H]2O)[C@H]1O. The van der Waals surface area contributed by atoms with Crippen LogP contribution in [0.25, 0.3) is 0 Å². The van der Waals surface area contributed by atoms with E-state index in [9.17, 15) is 131 Å². The van der Waals surface area contributed by atoms with Gasteiger partial charge in [0.2, 0.25) is 0 Å². The highest BCUT2D eigenvalue weighted by atomic mass is 16.8. The number of carbonyl (C=O) groups excluding carboxylic acids is 6. The van der Waals surface area contributed by atoms with Gasteiger partial charge in [0.1, 0.15) is 164 Å². The molecule has 41 nitrogen and oxygen atoms in total. The molecule has 7 heterocycles. The lowest BCUT2D eigenvalue weighted by atomic mass is 9.96. The molecule has 41 heteroatoms. The number of unbranched alkanes of at least 4 members (excludes halogenated alkanes) is 3. The Balaban J connectivity index is 0.973. The summed E-state index contributed by atoms with van der Waals surface area (Å²) in [5.74, 6) is -3.60. The summed E-state index contributed by atoms with van der Waals surface area (Å²) >= 11 is 0. The number of ketones is 3. The molecule has 100 heavy (non-hydrogen) atoms. The van der Waals surface area contributed by atoms with Crippen LogP contribution < -0.4 is 0 Å². The van der Waals surface area contributed by atoms with E-state index in [0.29, 0.717) is 24.3 Å². The normalized spacial score (nSPS) is 40.4. The molecule has 0 radical (unpaired) electrons. The third kappa shape index (κ3) is 21.7. The number of hydroxylamine groups is 2. The van der Waals surface area contributed by atoms with Gasteiger partial charge in [-0.3, -0.25) is 28.9 Å². The average molecular weight is 1460 g/mol. The van der Waals surface area contributed by atoms with Gasteiger partial charge in [0.05, 0.1) is 72.5 Å². The molecule has 7 rings (SSSR count). The van der Waals surface area contributed by atoms with Crippen LogP contribution in [-0.4, -0.2) is 404 Å². The van der Waals surface area contributed by atoms with Crippen molar-refractivity contribution in [2.75, 3.05) is 72.5 Å². The molecule has 30 atom stereocenters. The third-order valence-corrected chi connectivity index (χ3v) is 17.9. The zero-order valence-corrected chi connectivity index (χ0v) is 54.2. The lowest BCUT2D eigenvalue weighted by Crippen LogP contribution is -2.65. The quantitative estimate of drug-likeness (QED) is 0.0202. The highest BCUT2D eigenvalue weighted by Gasteiger charge is 2.55. The molecule has 0 aromatic heterocycles. The summed E-state index contributed by atoms with van der Waals surface area (Å²) in [6.45, 7) is -7.22. The number of rotatable bonds is 38. The number of nitrogens with zero attached hydrogens (tertiary/aromatic N) is 2. The first kappa shape index (κ1) is 83.6. The predicted octanol–water partition coefficient (Wildman–Crippen LogP) is -12.6.